The van der Waals surface area contributed by atoms with Gasteiger partial charge in [0.05, 0.1) is 0 Å². The Labute approximate surface area is 129 Å². The maximum absolute atomic E-state index is 5.96. The molecule has 0 aromatic carbocycles. The van der Waals surface area contributed by atoms with Gasteiger partial charge in [-0.2, -0.15) is 0 Å². The predicted molar refractivity (Wildman–Crippen MR) is 87.5 cm³/mol. The van der Waals surface area contributed by atoms with E-state index in [4.69, 9.17) is 4.42 Å². The SMILES string of the molecule is CCC1CCC(NC2CC(C)(C)Cc3oc(C)cc32)CC1. The van der Waals surface area contributed by atoms with Crippen LogP contribution in [0.4, 0.5) is 0 Å². The molecular weight excluding hydrogens is 258 g/mol. The van der Waals surface area contributed by atoms with Gasteiger partial charge in [0.1, 0.15) is 11.5 Å². The highest BCUT2D eigenvalue weighted by Gasteiger charge is 2.36. The van der Waals surface area contributed by atoms with Crippen LogP contribution in [0.15, 0.2) is 10.5 Å². The second-order valence-corrected chi connectivity index (χ2v) is 8.13. The van der Waals surface area contributed by atoms with E-state index >= 15 is 0 Å². The highest BCUT2D eigenvalue weighted by molar-refractivity contribution is 5.29. The van der Waals surface area contributed by atoms with Crippen molar-refractivity contribution in [2.45, 2.75) is 84.7 Å². The van der Waals surface area contributed by atoms with Crippen LogP contribution < -0.4 is 5.32 Å². The van der Waals surface area contributed by atoms with Crippen LogP contribution in [-0.4, -0.2) is 6.04 Å². The van der Waals surface area contributed by atoms with Gasteiger partial charge in [0, 0.05) is 24.1 Å². The number of hydrogen-bond donors (Lipinski definition) is 1. The molecule has 1 heterocycles. The zero-order valence-corrected chi connectivity index (χ0v) is 14.2. The van der Waals surface area contributed by atoms with E-state index in [-0.39, 0.29) is 0 Å². The van der Waals surface area contributed by atoms with Crippen molar-refractivity contribution in [3.8, 4) is 0 Å². The monoisotopic (exact) mass is 289 g/mol. The van der Waals surface area contributed by atoms with E-state index in [1.54, 1.807) is 0 Å². The van der Waals surface area contributed by atoms with E-state index in [1.807, 2.05) is 0 Å². The predicted octanol–water partition coefficient (Wildman–Crippen LogP) is 5.16. The highest BCUT2D eigenvalue weighted by Crippen LogP contribution is 2.42. The molecule has 0 amide bonds. The lowest BCUT2D eigenvalue weighted by Crippen LogP contribution is -2.40. The van der Waals surface area contributed by atoms with Crippen molar-refractivity contribution in [2.75, 3.05) is 0 Å². The van der Waals surface area contributed by atoms with Gasteiger partial charge in [-0.3, -0.25) is 0 Å². The van der Waals surface area contributed by atoms with Crippen LogP contribution in [0.3, 0.4) is 0 Å². The molecule has 118 valence electrons. The van der Waals surface area contributed by atoms with Gasteiger partial charge >= 0.3 is 0 Å². The third kappa shape index (κ3) is 3.36. The number of furan rings is 1. The quantitative estimate of drug-likeness (QED) is 0.831. The molecule has 3 rings (SSSR count). The maximum atomic E-state index is 5.96. The third-order valence-corrected chi connectivity index (χ3v) is 5.60. The molecule has 0 bridgehead atoms. The molecule has 0 aliphatic heterocycles. The van der Waals surface area contributed by atoms with E-state index < -0.39 is 0 Å². The molecule has 1 fully saturated rings. The van der Waals surface area contributed by atoms with Crippen LogP contribution in [0.2, 0.25) is 0 Å². The summed E-state index contributed by atoms with van der Waals surface area (Å²) in [5, 5.41) is 3.97. The molecule has 1 saturated carbocycles. The van der Waals surface area contributed by atoms with Gasteiger partial charge in [-0.1, -0.05) is 27.2 Å². The minimum absolute atomic E-state index is 0.343. The van der Waals surface area contributed by atoms with Gasteiger partial charge in [-0.25, -0.2) is 0 Å². The number of fused-ring (bicyclic) bond motifs is 1. The minimum atomic E-state index is 0.343. The minimum Gasteiger partial charge on any atom is -0.466 e. The Balaban J connectivity index is 1.70. The van der Waals surface area contributed by atoms with Crippen LogP contribution in [0.25, 0.3) is 0 Å². The van der Waals surface area contributed by atoms with Gasteiger partial charge in [0.2, 0.25) is 0 Å². The number of aryl methyl sites for hydroxylation is 1. The summed E-state index contributed by atoms with van der Waals surface area (Å²) in [6.07, 6.45) is 9.17. The van der Waals surface area contributed by atoms with Crippen LogP contribution in [-0.2, 0) is 6.42 Å². The lowest BCUT2D eigenvalue weighted by Gasteiger charge is -2.38. The fraction of sp³-hybridized carbons (Fsp3) is 0.789. The van der Waals surface area contributed by atoms with Crippen molar-refractivity contribution in [1.82, 2.24) is 5.32 Å². The average Bonchev–Trinajstić information content (AvgIpc) is 2.78. The standard InChI is InChI=1S/C19H31NO/c1-5-14-6-8-15(9-7-14)20-17-11-19(3,4)12-18-16(17)10-13(2)21-18/h10,14-15,17,20H,5-9,11-12H2,1-4H3. The molecule has 0 spiro atoms. The first-order valence-corrected chi connectivity index (χ1v) is 8.82. The fourth-order valence-electron chi connectivity index (χ4n) is 4.36. The molecule has 2 heteroatoms. The van der Waals surface area contributed by atoms with Gasteiger partial charge in [0.15, 0.2) is 0 Å². The van der Waals surface area contributed by atoms with Crippen molar-refractivity contribution < 1.29 is 4.42 Å². The number of nitrogens with one attached hydrogen (secondary N) is 1. The molecular formula is C19H31NO. The number of hydrogen-bond acceptors (Lipinski definition) is 2. The van der Waals surface area contributed by atoms with Crippen LogP contribution in [0, 0.1) is 18.3 Å². The van der Waals surface area contributed by atoms with Crippen LogP contribution in [0.1, 0.15) is 82.4 Å². The van der Waals surface area contributed by atoms with Crippen LogP contribution >= 0.6 is 0 Å². The molecule has 2 aliphatic carbocycles. The Morgan fingerprint density at radius 1 is 1.24 bits per heavy atom. The zero-order chi connectivity index (χ0) is 15.0. The largest absolute Gasteiger partial charge is 0.466 e. The molecule has 21 heavy (non-hydrogen) atoms. The van der Waals surface area contributed by atoms with Gasteiger partial charge in [-0.15, -0.1) is 0 Å². The van der Waals surface area contributed by atoms with E-state index in [9.17, 15) is 0 Å². The Bertz CT molecular complexity index is 480. The molecule has 2 aliphatic rings. The van der Waals surface area contributed by atoms with E-state index in [1.165, 1.54) is 49.8 Å². The second-order valence-electron chi connectivity index (χ2n) is 8.13. The summed E-state index contributed by atoms with van der Waals surface area (Å²) < 4.78 is 5.96. The van der Waals surface area contributed by atoms with Crippen molar-refractivity contribution in [1.29, 1.82) is 0 Å². The molecule has 0 saturated heterocycles. The smallest absolute Gasteiger partial charge is 0.109 e. The first-order chi connectivity index (χ1) is 9.97. The zero-order valence-electron chi connectivity index (χ0n) is 14.2. The molecule has 1 N–H and O–H groups in total. The molecule has 1 atom stereocenters. The van der Waals surface area contributed by atoms with Crippen molar-refractivity contribution in [2.24, 2.45) is 11.3 Å². The molecule has 1 aromatic heterocycles. The van der Waals surface area contributed by atoms with Crippen molar-refractivity contribution in [3.05, 3.63) is 23.2 Å². The Morgan fingerprint density at radius 2 is 1.95 bits per heavy atom. The average molecular weight is 289 g/mol. The Morgan fingerprint density at radius 3 is 2.62 bits per heavy atom. The van der Waals surface area contributed by atoms with E-state index in [0.717, 1.165) is 18.1 Å². The van der Waals surface area contributed by atoms with Gasteiger partial charge < -0.3 is 9.73 Å². The molecule has 0 radical (unpaired) electrons. The molecule has 2 nitrogen and oxygen atoms in total. The second kappa shape index (κ2) is 5.79. The maximum Gasteiger partial charge on any atom is 0.109 e. The first kappa shape index (κ1) is 15.1. The Hall–Kier alpha value is -0.760. The summed E-state index contributed by atoms with van der Waals surface area (Å²) >= 11 is 0. The van der Waals surface area contributed by atoms with Gasteiger partial charge in [-0.05, 0) is 56.4 Å². The summed E-state index contributed by atoms with van der Waals surface area (Å²) in [4.78, 5) is 0. The Kier molecular flexibility index (Phi) is 4.18. The third-order valence-electron chi connectivity index (χ3n) is 5.60. The normalized spacial score (nSPS) is 31.9. The fourth-order valence-corrected chi connectivity index (χ4v) is 4.36. The van der Waals surface area contributed by atoms with Gasteiger partial charge in [0.25, 0.3) is 0 Å². The summed E-state index contributed by atoms with van der Waals surface area (Å²) in [6.45, 7) is 9.16. The first-order valence-electron chi connectivity index (χ1n) is 8.82. The summed E-state index contributed by atoms with van der Waals surface area (Å²) in [6, 6.07) is 3.46. The molecule has 1 aromatic rings. The van der Waals surface area contributed by atoms with Crippen LogP contribution in [0.5, 0.6) is 0 Å². The highest BCUT2D eigenvalue weighted by atomic mass is 16.3. The summed E-state index contributed by atoms with van der Waals surface area (Å²) in [5.74, 6) is 3.26. The van der Waals surface area contributed by atoms with Crippen molar-refractivity contribution >= 4 is 0 Å². The lowest BCUT2D eigenvalue weighted by atomic mass is 9.74. The topological polar surface area (TPSA) is 25.2 Å². The molecule has 1 unspecified atom stereocenters. The summed E-state index contributed by atoms with van der Waals surface area (Å²) in [7, 11) is 0. The number of rotatable bonds is 3. The lowest BCUT2D eigenvalue weighted by molar-refractivity contribution is 0.202. The summed E-state index contributed by atoms with van der Waals surface area (Å²) in [5.41, 5.74) is 1.78. The van der Waals surface area contributed by atoms with E-state index in [0.29, 0.717) is 17.5 Å². The van der Waals surface area contributed by atoms with Crippen molar-refractivity contribution in [3.63, 3.8) is 0 Å². The van der Waals surface area contributed by atoms with E-state index in [2.05, 4.69) is 39.1 Å².